The maximum absolute atomic E-state index is 5.09. The first-order valence-corrected chi connectivity index (χ1v) is 5.02. The van der Waals surface area contributed by atoms with Crippen molar-refractivity contribution in [2.75, 3.05) is 47.4 Å². The lowest BCUT2D eigenvalue weighted by Gasteiger charge is -2.18. The zero-order chi connectivity index (χ0) is 10.1. The first kappa shape index (κ1) is 12.9. The van der Waals surface area contributed by atoms with E-state index in [0.717, 1.165) is 26.2 Å². The molecule has 0 radical (unpaired) electrons. The molecule has 0 aliphatic carbocycles. The van der Waals surface area contributed by atoms with Gasteiger partial charge in [-0.2, -0.15) is 0 Å². The fourth-order valence-corrected chi connectivity index (χ4v) is 1.22. The van der Waals surface area contributed by atoms with E-state index in [1.54, 1.807) is 7.11 Å². The average molecular weight is 188 g/mol. The Morgan fingerprint density at radius 2 is 2.08 bits per heavy atom. The van der Waals surface area contributed by atoms with Crippen LogP contribution in [0.15, 0.2) is 0 Å². The highest BCUT2D eigenvalue weighted by atomic mass is 16.5. The van der Waals surface area contributed by atoms with E-state index in [2.05, 4.69) is 24.2 Å². The predicted octanol–water partition coefficient (Wildman–Crippen LogP) is 0.810. The van der Waals surface area contributed by atoms with Gasteiger partial charge in [-0.05, 0) is 33.0 Å². The summed E-state index contributed by atoms with van der Waals surface area (Å²) in [6.45, 7) is 6.45. The zero-order valence-corrected chi connectivity index (χ0v) is 9.47. The molecule has 0 bridgehead atoms. The maximum atomic E-state index is 5.09. The number of hydrogen-bond donors (Lipinski definition) is 1. The summed E-state index contributed by atoms with van der Waals surface area (Å²) < 4.78 is 5.09. The summed E-state index contributed by atoms with van der Waals surface area (Å²) >= 11 is 0. The van der Waals surface area contributed by atoms with Crippen molar-refractivity contribution < 1.29 is 4.74 Å². The lowest BCUT2D eigenvalue weighted by atomic mass is 10.1. The van der Waals surface area contributed by atoms with Gasteiger partial charge in [0, 0.05) is 26.8 Å². The van der Waals surface area contributed by atoms with Crippen molar-refractivity contribution >= 4 is 0 Å². The van der Waals surface area contributed by atoms with E-state index in [-0.39, 0.29) is 0 Å². The van der Waals surface area contributed by atoms with Gasteiger partial charge in [-0.25, -0.2) is 0 Å². The SMILES string of the molecule is CNCCN(C)CCC(C)COC. The smallest absolute Gasteiger partial charge is 0.0488 e. The van der Waals surface area contributed by atoms with Gasteiger partial charge in [0.15, 0.2) is 0 Å². The molecule has 0 saturated carbocycles. The Labute approximate surface area is 82.4 Å². The molecular formula is C10H24N2O. The second-order valence-corrected chi connectivity index (χ2v) is 3.76. The van der Waals surface area contributed by atoms with Crippen molar-refractivity contribution in [2.45, 2.75) is 13.3 Å². The molecule has 0 saturated heterocycles. The number of methoxy groups -OCH3 is 1. The lowest BCUT2D eigenvalue weighted by molar-refractivity contribution is 0.148. The van der Waals surface area contributed by atoms with E-state index < -0.39 is 0 Å². The molecule has 80 valence electrons. The van der Waals surface area contributed by atoms with E-state index in [1.807, 2.05) is 7.05 Å². The van der Waals surface area contributed by atoms with Crippen molar-refractivity contribution in [3.05, 3.63) is 0 Å². The first-order chi connectivity index (χ1) is 6.20. The summed E-state index contributed by atoms with van der Waals surface area (Å²) in [5.74, 6) is 0.669. The van der Waals surface area contributed by atoms with Gasteiger partial charge in [0.2, 0.25) is 0 Å². The number of nitrogens with one attached hydrogen (secondary N) is 1. The highest BCUT2D eigenvalue weighted by Crippen LogP contribution is 2.02. The van der Waals surface area contributed by atoms with Crippen molar-refractivity contribution in [3.63, 3.8) is 0 Å². The minimum Gasteiger partial charge on any atom is -0.384 e. The summed E-state index contributed by atoms with van der Waals surface area (Å²) in [4.78, 5) is 2.35. The Hall–Kier alpha value is -0.120. The molecule has 0 heterocycles. The van der Waals surface area contributed by atoms with Crippen LogP contribution in [-0.2, 0) is 4.74 Å². The molecule has 1 N–H and O–H groups in total. The van der Waals surface area contributed by atoms with Crippen LogP contribution in [-0.4, -0.2) is 52.3 Å². The molecule has 0 rings (SSSR count). The number of likely N-dealkylation sites (N-methyl/N-ethyl adjacent to an activating group) is 2. The molecule has 0 aromatic carbocycles. The van der Waals surface area contributed by atoms with Gasteiger partial charge in [0.25, 0.3) is 0 Å². The van der Waals surface area contributed by atoms with Crippen LogP contribution in [0.3, 0.4) is 0 Å². The van der Waals surface area contributed by atoms with Gasteiger partial charge >= 0.3 is 0 Å². The van der Waals surface area contributed by atoms with Gasteiger partial charge in [0.1, 0.15) is 0 Å². The molecule has 0 amide bonds. The zero-order valence-electron chi connectivity index (χ0n) is 9.47. The molecule has 0 aliphatic rings. The second-order valence-electron chi connectivity index (χ2n) is 3.76. The van der Waals surface area contributed by atoms with Crippen LogP contribution in [0.25, 0.3) is 0 Å². The molecule has 0 aliphatic heterocycles. The van der Waals surface area contributed by atoms with E-state index >= 15 is 0 Å². The Balaban J connectivity index is 3.29. The highest BCUT2D eigenvalue weighted by Gasteiger charge is 2.03. The minimum atomic E-state index is 0.669. The van der Waals surface area contributed by atoms with Gasteiger partial charge < -0.3 is 15.0 Å². The molecule has 0 aromatic rings. The molecule has 1 unspecified atom stereocenters. The van der Waals surface area contributed by atoms with Gasteiger partial charge in [-0.1, -0.05) is 6.92 Å². The largest absolute Gasteiger partial charge is 0.384 e. The monoisotopic (exact) mass is 188 g/mol. The quantitative estimate of drug-likeness (QED) is 0.610. The fraction of sp³-hybridized carbons (Fsp3) is 1.00. The number of nitrogens with zero attached hydrogens (tertiary/aromatic N) is 1. The molecule has 0 spiro atoms. The summed E-state index contributed by atoms with van der Waals surface area (Å²) in [5.41, 5.74) is 0. The third-order valence-electron chi connectivity index (χ3n) is 2.20. The van der Waals surface area contributed by atoms with Gasteiger partial charge in [-0.15, -0.1) is 0 Å². The normalized spacial score (nSPS) is 13.6. The molecule has 1 atom stereocenters. The third kappa shape index (κ3) is 8.22. The van der Waals surface area contributed by atoms with Crippen molar-refractivity contribution in [1.82, 2.24) is 10.2 Å². The van der Waals surface area contributed by atoms with Gasteiger partial charge in [0.05, 0.1) is 0 Å². The molecule has 0 aromatic heterocycles. The second kappa shape index (κ2) is 8.48. The number of hydrogen-bond acceptors (Lipinski definition) is 3. The standard InChI is InChI=1S/C10H24N2O/c1-10(9-13-4)5-7-12(3)8-6-11-2/h10-11H,5-9H2,1-4H3. The van der Waals surface area contributed by atoms with Crippen LogP contribution in [0, 0.1) is 5.92 Å². The summed E-state index contributed by atoms with van der Waals surface area (Å²) in [6.07, 6.45) is 1.22. The van der Waals surface area contributed by atoms with Crippen molar-refractivity contribution in [2.24, 2.45) is 5.92 Å². The first-order valence-electron chi connectivity index (χ1n) is 5.02. The molecule has 13 heavy (non-hydrogen) atoms. The van der Waals surface area contributed by atoms with Crippen LogP contribution in [0.2, 0.25) is 0 Å². The van der Waals surface area contributed by atoms with E-state index in [0.29, 0.717) is 5.92 Å². The lowest BCUT2D eigenvalue weighted by Crippen LogP contribution is -2.29. The van der Waals surface area contributed by atoms with Gasteiger partial charge in [-0.3, -0.25) is 0 Å². The predicted molar refractivity (Wildman–Crippen MR) is 57.1 cm³/mol. The van der Waals surface area contributed by atoms with Crippen LogP contribution in [0.5, 0.6) is 0 Å². The van der Waals surface area contributed by atoms with Crippen LogP contribution >= 0.6 is 0 Å². The van der Waals surface area contributed by atoms with E-state index in [4.69, 9.17) is 4.74 Å². The van der Waals surface area contributed by atoms with Crippen LogP contribution in [0.1, 0.15) is 13.3 Å². The average Bonchev–Trinajstić information content (AvgIpc) is 2.12. The number of rotatable bonds is 8. The highest BCUT2D eigenvalue weighted by molar-refractivity contribution is 4.57. The van der Waals surface area contributed by atoms with Crippen LogP contribution < -0.4 is 5.32 Å². The van der Waals surface area contributed by atoms with Crippen LogP contribution in [0.4, 0.5) is 0 Å². The van der Waals surface area contributed by atoms with E-state index in [1.165, 1.54) is 6.42 Å². The summed E-state index contributed by atoms with van der Waals surface area (Å²) in [6, 6.07) is 0. The maximum Gasteiger partial charge on any atom is 0.0488 e. The Bertz CT molecular complexity index is 109. The molecule has 3 heteroatoms. The minimum absolute atomic E-state index is 0.669. The molecule has 0 fully saturated rings. The van der Waals surface area contributed by atoms with E-state index in [9.17, 15) is 0 Å². The Morgan fingerprint density at radius 1 is 1.38 bits per heavy atom. The summed E-state index contributed by atoms with van der Waals surface area (Å²) in [5, 5.41) is 3.15. The molecule has 3 nitrogen and oxygen atoms in total. The van der Waals surface area contributed by atoms with Crippen molar-refractivity contribution in [1.29, 1.82) is 0 Å². The number of ether oxygens (including phenoxy) is 1. The fourth-order valence-electron chi connectivity index (χ4n) is 1.22. The summed E-state index contributed by atoms with van der Waals surface area (Å²) in [7, 11) is 5.92. The topological polar surface area (TPSA) is 24.5 Å². The Morgan fingerprint density at radius 3 is 2.62 bits per heavy atom. The third-order valence-corrected chi connectivity index (χ3v) is 2.20. The molecular weight excluding hydrogens is 164 g/mol. The van der Waals surface area contributed by atoms with Crippen molar-refractivity contribution in [3.8, 4) is 0 Å². The Kier molecular flexibility index (Phi) is 8.40.